The van der Waals surface area contributed by atoms with Gasteiger partial charge in [0, 0.05) is 5.56 Å². The van der Waals surface area contributed by atoms with Crippen molar-refractivity contribution in [3.63, 3.8) is 0 Å². The number of para-hydroxylation sites is 1. The number of hydrogen-bond acceptors (Lipinski definition) is 4. The molecule has 166 valence electrons. The van der Waals surface area contributed by atoms with Gasteiger partial charge in [-0.3, -0.25) is 9.69 Å². The van der Waals surface area contributed by atoms with Gasteiger partial charge in [-0.05, 0) is 48.7 Å². The van der Waals surface area contributed by atoms with E-state index in [9.17, 15) is 9.90 Å². The predicted molar refractivity (Wildman–Crippen MR) is 124 cm³/mol. The third kappa shape index (κ3) is 4.94. The van der Waals surface area contributed by atoms with Crippen molar-refractivity contribution in [1.82, 2.24) is 4.90 Å². The topological polar surface area (TPSA) is 59.0 Å². The molecule has 2 atom stereocenters. The number of carboxylic acids is 1. The van der Waals surface area contributed by atoms with Gasteiger partial charge in [0.25, 0.3) is 0 Å². The highest BCUT2D eigenvalue weighted by Crippen LogP contribution is 2.39. The molecular weight excluding hydrogens is 402 g/mol. The summed E-state index contributed by atoms with van der Waals surface area (Å²) in [6.07, 6.45) is 2.55. The van der Waals surface area contributed by atoms with Crippen LogP contribution in [0.4, 0.5) is 0 Å². The van der Waals surface area contributed by atoms with Gasteiger partial charge in [0.15, 0.2) is 0 Å². The average molecular weight is 432 g/mol. The molecule has 1 heterocycles. The zero-order valence-corrected chi connectivity index (χ0v) is 18.3. The van der Waals surface area contributed by atoms with Crippen molar-refractivity contribution in [2.75, 3.05) is 13.7 Å². The second-order valence-electron chi connectivity index (χ2n) is 8.08. The van der Waals surface area contributed by atoms with E-state index in [0.717, 1.165) is 47.6 Å². The fourth-order valence-electron chi connectivity index (χ4n) is 4.44. The fourth-order valence-corrected chi connectivity index (χ4v) is 4.44. The van der Waals surface area contributed by atoms with Crippen LogP contribution in [0.5, 0.6) is 11.5 Å². The Bertz CT molecular complexity index is 1020. The van der Waals surface area contributed by atoms with E-state index < -0.39 is 12.0 Å². The quantitative estimate of drug-likeness (QED) is 0.524. The number of benzene rings is 3. The Kier molecular flexibility index (Phi) is 7.07. The number of aliphatic carboxylic acids is 1. The molecule has 1 fully saturated rings. The van der Waals surface area contributed by atoms with Crippen LogP contribution >= 0.6 is 0 Å². The third-order valence-corrected chi connectivity index (χ3v) is 6.04. The van der Waals surface area contributed by atoms with E-state index in [1.165, 1.54) is 0 Å². The molecule has 0 bridgehead atoms. The van der Waals surface area contributed by atoms with Crippen LogP contribution in [0.1, 0.15) is 42.0 Å². The summed E-state index contributed by atoms with van der Waals surface area (Å²) in [6, 6.07) is 25.1. The first-order chi connectivity index (χ1) is 15.7. The van der Waals surface area contributed by atoms with Crippen LogP contribution < -0.4 is 9.47 Å². The largest absolute Gasteiger partial charge is 0.497 e. The lowest BCUT2D eigenvalue weighted by molar-refractivity contribution is -0.145. The minimum Gasteiger partial charge on any atom is -0.497 e. The van der Waals surface area contributed by atoms with E-state index in [4.69, 9.17) is 9.47 Å². The maximum absolute atomic E-state index is 12.1. The molecule has 1 saturated heterocycles. The molecule has 1 N–H and O–H groups in total. The van der Waals surface area contributed by atoms with Crippen LogP contribution in [0, 0.1) is 0 Å². The van der Waals surface area contributed by atoms with Crippen molar-refractivity contribution in [2.24, 2.45) is 0 Å². The molecule has 3 aromatic carbocycles. The number of carbonyl (C=O) groups is 1. The van der Waals surface area contributed by atoms with Gasteiger partial charge in [0.2, 0.25) is 0 Å². The number of hydrogen-bond donors (Lipinski definition) is 1. The van der Waals surface area contributed by atoms with Gasteiger partial charge in [-0.1, -0.05) is 67.1 Å². The molecule has 0 aliphatic carbocycles. The first-order valence-corrected chi connectivity index (χ1v) is 11.1. The SMILES string of the molecule is COc1ccc(C(c2ccccc2OCc2ccccc2)N2CCCCC2C(=O)O)cc1. The second-order valence-corrected chi connectivity index (χ2v) is 8.08. The van der Waals surface area contributed by atoms with Crippen LogP contribution in [0.2, 0.25) is 0 Å². The van der Waals surface area contributed by atoms with E-state index in [0.29, 0.717) is 13.0 Å². The first-order valence-electron chi connectivity index (χ1n) is 11.1. The number of likely N-dealkylation sites (tertiary alicyclic amines) is 1. The summed E-state index contributed by atoms with van der Waals surface area (Å²) in [5.41, 5.74) is 3.08. The van der Waals surface area contributed by atoms with Crippen LogP contribution in [-0.4, -0.2) is 35.7 Å². The summed E-state index contributed by atoms with van der Waals surface area (Å²) in [5.74, 6) is 0.771. The smallest absolute Gasteiger partial charge is 0.320 e. The Balaban J connectivity index is 1.73. The zero-order chi connectivity index (χ0) is 22.3. The highest BCUT2D eigenvalue weighted by atomic mass is 16.5. The molecule has 0 saturated carbocycles. The number of nitrogens with zero attached hydrogens (tertiary/aromatic N) is 1. The van der Waals surface area contributed by atoms with Gasteiger partial charge in [-0.25, -0.2) is 0 Å². The number of rotatable bonds is 8. The number of ether oxygens (including phenoxy) is 2. The van der Waals surface area contributed by atoms with Gasteiger partial charge >= 0.3 is 5.97 Å². The van der Waals surface area contributed by atoms with Crippen LogP contribution in [0.3, 0.4) is 0 Å². The Labute approximate surface area is 189 Å². The van der Waals surface area contributed by atoms with Crippen molar-refractivity contribution < 1.29 is 19.4 Å². The lowest BCUT2D eigenvalue weighted by atomic mass is 9.91. The van der Waals surface area contributed by atoms with E-state index in [-0.39, 0.29) is 6.04 Å². The molecule has 0 aromatic heterocycles. The van der Waals surface area contributed by atoms with Crippen LogP contribution in [-0.2, 0) is 11.4 Å². The van der Waals surface area contributed by atoms with E-state index in [2.05, 4.69) is 4.90 Å². The number of methoxy groups -OCH3 is 1. The van der Waals surface area contributed by atoms with Gasteiger partial charge in [0.05, 0.1) is 13.2 Å². The van der Waals surface area contributed by atoms with Crippen molar-refractivity contribution in [1.29, 1.82) is 0 Å². The van der Waals surface area contributed by atoms with Gasteiger partial charge in [-0.15, -0.1) is 0 Å². The van der Waals surface area contributed by atoms with E-state index in [1.54, 1.807) is 7.11 Å². The van der Waals surface area contributed by atoms with Gasteiger partial charge in [-0.2, -0.15) is 0 Å². The van der Waals surface area contributed by atoms with Crippen LogP contribution in [0.25, 0.3) is 0 Å². The summed E-state index contributed by atoms with van der Waals surface area (Å²) in [4.78, 5) is 14.2. The Morgan fingerprint density at radius 2 is 1.72 bits per heavy atom. The van der Waals surface area contributed by atoms with Crippen molar-refractivity contribution in [2.45, 2.75) is 38.0 Å². The maximum Gasteiger partial charge on any atom is 0.320 e. The summed E-state index contributed by atoms with van der Waals surface area (Å²) in [5, 5.41) is 9.96. The maximum atomic E-state index is 12.1. The molecule has 1 aliphatic rings. The van der Waals surface area contributed by atoms with Crippen molar-refractivity contribution in [3.8, 4) is 11.5 Å². The second kappa shape index (κ2) is 10.3. The van der Waals surface area contributed by atoms with E-state index in [1.807, 2.05) is 78.9 Å². The molecule has 32 heavy (non-hydrogen) atoms. The van der Waals surface area contributed by atoms with Crippen LogP contribution in [0.15, 0.2) is 78.9 Å². The van der Waals surface area contributed by atoms with E-state index >= 15 is 0 Å². The monoisotopic (exact) mass is 431 g/mol. The number of carboxylic acid groups (broad SMARTS) is 1. The zero-order valence-electron chi connectivity index (χ0n) is 18.3. The first kappa shape index (κ1) is 21.9. The predicted octanol–water partition coefficient (Wildman–Crippen LogP) is 5.30. The van der Waals surface area contributed by atoms with Crippen molar-refractivity contribution in [3.05, 3.63) is 95.6 Å². The number of piperidine rings is 1. The Morgan fingerprint density at radius 1 is 1.00 bits per heavy atom. The minimum atomic E-state index is -0.772. The van der Waals surface area contributed by atoms with Crippen molar-refractivity contribution >= 4 is 5.97 Å². The molecule has 3 aromatic rings. The molecule has 2 unspecified atom stereocenters. The molecular formula is C27H29NO4. The summed E-state index contributed by atoms with van der Waals surface area (Å²) in [7, 11) is 1.64. The molecule has 4 rings (SSSR count). The molecule has 0 spiro atoms. The lowest BCUT2D eigenvalue weighted by Crippen LogP contribution is -2.46. The fraction of sp³-hybridized carbons (Fsp3) is 0.296. The normalized spacial score (nSPS) is 17.5. The standard InChI is InChI=1S/C27H29NO4/c1-31-22-16-14-21(15-17-22)26(28-18-8-7-12-24(28)27(29)30)23-11-5-6-13-25(23)32-19-20-9-3-2-4-10-20/h2-6,9-11,13-17,24,26H,7-8,12,18-19H2,1H3,(H,29,30). The summed E-state index contributed by atoms with van der Waals surface area (Å²) < 4.78 is 11.6. The Hall–Kier alpha value is -3.31. The molecule has 5 nitrogen and oxygen atoms in total. The average Bonchev–Trinajstić information content (AvgIpc) is 2.85. The minimum absolute atomic E-state index is 0.228. The summed E-state index contributed by atoms with van der Waals surface area (Å²) >= 11 is 0. The molecule has 1 aliphatic heterocycles. The molecule has 0 amide bonds. The highest BCUT2D eigenvalue weighted by Gasteiger charge is 2.36. The van der Waals surface area contributed by atoms with Gasteiger partial charge in [0.1, 0.15) is 24.1 Å². The summed E-state index contributed by atoms with van der Waals surface area (Å²) in [6.45, 7) is 1.18. The lowest BCUT2D eigenvalue weighted by Gasteiger charge is -2.40. The molecule has 5 heteroatoms. The van der Waals surface area contributed by atoms with Gasteiger partial charge < -0.3 is 14.6 Å². The highest BCUT2D eigenvalue weighted by molar-refractivity contribution is 5.73. The molecule has 0 radical (unpaired) electrons. The third-order valence-electron chi connectivity index (χ3n) is 6.04. The Morgan fingerprint density at radius 3 is 2.44 bits per heavy atom.